The number of aromatic nitrogens is 4. The number of rotatable bonds is 1. The van der Waals surface area contributed by atoms with Crippen molar-refractivity contribution in [1.29, 1.82) is 5.26 Å². The summed E-state index contributed by atoms with van der Waals surface area (Å²) in [7, 11) is 1.91. The number of nitrogens with zero attached hydrogens (tertiary/aromatic N) is 5. The van der Waals surface area contributed by atoms with Crippen molar-refractivity contribution >= 4 is 11.0 Å². The summed E-state index contributed by atoms with van der Waals surface area (Å²) in [5, 5.41) is 9.12. The average Bonchev–Trinajstić information content (AvgIpc) is 2.77. The third kappa shape index (κ3) is 1.74. The molecule has 5 nitrogen and oxygen atoms in total. The van der Waals surface area contributed by atoms with E-state index in [1.165, 1.54) is 0 Å². The SMILES string of the molecule is Cc1cnc(-c2nc3c(C#N)cccc3n2C)cn1. The number of nitriles is 1. The van der Waals surface area contributed by atoms with Crippen LogP contribution in [0.4, 0.5) is 0 Å². The second kappa shape index (κ2) is 4.18. The summed E-state index contributed by atoms with van der Waals surface area (Å²) in [6.45, 7) is 1.89. The molecule has 0 saturated carbocycles. The molecule has 3 aromatic rings. The lowest BCUT2D eigenvalue weighted by Gasteiger charge is -2.01. The Bertz CT molecular complexity index is 793. The minimum absolute atomic E-state index is 0.569. The van der Waals surface area contributed by atoms with E-state index in [-0.39, 0.29) is 0 Å². The van der Waals surface area contributed by atoms with Crippen LogP contribution in [0.1, 0.15) is 11.3 Å². The van der Waals surface area contributed by atoms with E-state index in [2.05, 4.69) is 21.0 Å². The van der Waals surface area contributed by atoms with Crippen LogP contribution >= 0.6 is 0 Å². The molecule has 0 fully saturated rings. The lowest BCUT2D eigenvalue weighted by atomic mass is 10.2. The van der Waals surface area contributed by atoms with Crippen molar-refractivity contribution in [3.8, 4) is 17.6 Å². The van der Waals surface area contributed by atoms with Crippen molar-refractivity contribution in [3.63, 3.8) is 0 Å². The Labute approximate surface area is 110 Å². The Hall–Kier alpha value is -2.74. The van der Waals surface area contributed by atoms with Crippen molar-refractivity contribution < 1.29 is 0 Å². The standard InChI is InChI=1S/C14H11N5/c1-9-7-17-11(8-16-9)14-18-13-10(6-15)4-3-5-12(13)19(14)2/h3-5,7-8H,1-2H3. The summed E-state index contributed by atoms with van der Waals surface area (Å²) in [4.78, 5) is 13.1. The molecular formula is C14H11N5. The van der Waals surface area contributed by atoms with Gasteiger partial charge < -0.3 is 4.57 Å². The Kier molecular flexibility index (Phi) is 2.50. The lowest BCUT2D eigenvalue weighted by molar-refractivity contribution is 0.943. The van der Waals surface area contributed by atoms with Crippen LogP contribution in [0, 0.1) is 18.3 Å². The van der Waals surface area contributed by atoms with Crippen molar-refractivity contribution in [1.82, 2.24) is 19.5 Å². The number of aryl methyl sites for hydroxylation is 2. The van der Waals surface area contributed by atoms with Gasteiger partial charge in [0.05, 0.1) is 23.0 Å². The normalized spacial score (nSPS) is 10.6. The molecule has 0 N–H and O–H groups in total. The topological polar surface area (TPSA) is 67.4 Å². The van der Waals surface area contributed by atoms with E-state index in [0.717, 1.165) is 11.2 Å². The molecule has 0 saturated heterocycles. The van der Waals surface area contributed by atoms with E-state index in [4.69, 9.17) is 5.26 Å². The van der Waals surface area contributed by atoms with Gasteiger partial charge in [-0.05, 0) is 19.1 Å². The van der Waals surface area contributed by atoms with Crippen LogP contribution in [-0.4, -0.2) is 19.5 Å². The maximum Gasteiger partial charge on any atom is 0.161 e. The van der Waals surface area contributed by atoms with E-state index in [1.54, 1.807) is 18.5 Å². The molecule has 0 spiro atoms. The van der Waals surface area contributed by atoms with Gasteiger partial charge in [-0.2, -0.15) is 5.26 Å². The first-order valence-electron chi connectivity index (χ1n) is 5.85. The highest BCUT2D eigenvalue weighted by atomic mass is 15.1. The molecular weight excluding hydrogens is 238 g/mol. The maximum absolute atomic E-state index is 9.12. The number of hydrogen-bond donors (Lipinski definition) is 0. The first kappa shape index (κ1) is 11.4. The van der Waals surface area contributed by atoms with Crippen LogP contribution in [-0.2, 0) is 7.05 Å². The molecule has 0 bridgehead atoms. The third-order valence-electron chi connectivity index (χ3n) is 3.04. The van der Waals surface area contributed by atoms with Gasteiger partial charge >= 0.3 is 0 Å². The van der Waals surface area contributed by atoms with Gasteiger partial charge in [0, 0.05) is 13.2 Å². The van der Waals surface area contributed by atoms with Crippen molar-refractivity contribution in [3.05, 3.63) is 41.9 Å². The van der Waals surface area contributed by atoms with Gasteiger partial charge in [0.1, 0.15) is 17.3 Å². The Balaban J connectivity index is 2.29. The van der Waals surface area contributed by atoms with Crippen molar-refractivity contribution in [2.45, 2.75) is 6.92 Å². The molecule has 0 amide bonds. The fourth-order valence-electron chi connectivity index (χ4n) is 2.04. The van der Waals surface area contributed by atoms with Gasteiger partial charge in [0.15, 0.2) is 5.82 Å². The number of imidazole rings is 1. The number of fused-ring (bicyclic) bond motifs is 1. The number of para-hydroxylation sites is 1. The van der Waals surface area contributed by atoms with Crippen LogP contribution in [0.15, 0.2) is 30.6 Å². The Morgan fingerprint density at radius 1 is 1.21 bits per heavy atom. The van der Waals surface area contributed by atoms with Crippen LogP contribution in [0.5, 0.6) is 0 Å². The molecule has 92 valence electrons. The van der Waals surface area contributed by atoms with Gasteiger partial charge in [0.25, 0.3) is 0 Å². The Morgan fingerprint density at radius 3 is 2.74 bits per heavy atom. The zero-order chi connectivity index (χ0) is 13.4. The van der Waals surface area contributed by atoms with Crippen molar-refractivity contribution in [2.24, 2.45) is 7.05 Å². The first-order chi connectivity index (χ1) is 9.20. The highest BCUT2D eigenvalue weighted by molar-refractivity contribution is 5.84. The highest BCUT2D eigenvalue weighted by Gasteiger charge is 2.13. The van der Waals surface area contributed by atoms with Gasteiger partial charge in [0.2, 0.25) is 0 Å². The minimum Gasteiger partial charge on any atom is -0.326 e. The van der Waals surface area contributed by atoms with Crippen molar-refractivity contribution in [2.75, 3.05) is 0 Å². The summed E-state index contributed by atoms with van der Waals surface area (Å²) >= 11 is 0. The van der Waals surface area contributed by atoms with Crippen LogP contribution in [0.25, 0.3) is 22.6 Å². The lowest BCUT2D eigenvalue weighted by Crippen LogP contribution is -1.96. The summed E-state index contributed by atoms with van der Waals surface area (Å²) < 4.78 is 1.93. The summed E-state index contributed by atoms with van der Waals surface area (Å²) in [6, 6.07) is 7.72. The predicted molar refractivity (Wildman–Crippen MR) is 71.2 cm³/mol. The second-order valence-electron chi connectivity index (χ2n) is 4.32. The fourth-order valence-corrected chi connectivity index (χ4v) is 2.04. The average molecular weight is 249 g/mol. The van der Waals surface area contributed by atoms with E-state index in [0.29, 0.717) is 22.6 Å². The summed E-state index contributed by atoms with van der Waals surface area (Å²) in [5.41, 5.74) is 3.74. The summed E-state index contributed by atoms with van der Waals surface area (Å²) in [6.07, 6.45) is 3.41. The minimum atomic E-state index is 0.569. The molecule has 2 heterocycles. The monoisotopic (exact) mass is 249 g/mol. The second-order valence-corrected chi connectivity index (χ2v) is 4.32. The molecule has 0 atom stereocenters. The zero-order valence-electron chi connectivity index (χ0n) is 10.6. The molecule has 5 heteroatoms. The van der Waals surface area contributed by atoms with E-state index in [9.17, 15) is 0 Å². The molecule has 1 aromatic carbocycles. The van der Waals surface area contributed by atoms with E-state index in [1.807, 2.05) is 30.7 Å². The first-order valence-corrected chi connectivity index (χ1v) is 5.85. The maximum atomic E-state index is 9.12. The molecule has 0 aliphatic heterocycles. The third-order valence-corrected chi connectivity index (χ3v) is 3.04. The summed E-state index contributed by atoms with van der Waals surface area (Å²) in [5.74, 6) is 0.713. The van der Waals surface area contributed by atoms with Crippen LogP contribution in [0.3, 0.4) is 0 Å². The van der Waals surface area contributed by atoms with Gasteiger partial charge in [-0.25, -0.2) is 9.97 Å². The molecule has 0 aliphatic carbocycles. The van der Waals surface area contributed by atoms with Gasteiger partial charge in [-0.3, -0.25) is 4.98 Å². The van der Waals surface area contributed by atoms with Crippen LogP contribution < -0.4 is 0 Å². The molecule has 0 aliphatic rings. The fraction of sp³-hybridized carbons (Fsp3) is 0.143. The predicted octanol–water partition coefficient (Wildman–Crippen LogP) is 2.21. The van der Waals surface area contributed by atoms with Crippen LogP contribution in [0.2, 0.25) is 0 Å². The number of benzene rings is 1. The zero-order valence-corrected chi connectivity index (χ0v) is 10.6. The van der Waals surface area contributed by atoms with E-state index >= 15 is 0 Å². The van der Waals surface area contributed by atoms with E-state index < -0.39 is 0 Å². The smallest absolute Gasteiger partial charge is 0.161 e. The molecule has 19 heavy (non-hydrogen) atoms. The largest absolute Gasteiger partial charge is 0.326 e. The quantitative estimate of drug-likeness (QED) is 0.663. The number of hydrogen-bond acceptors (Lipinski definition) is 4. The molecule has 0 radical (unpaired) electrons. The van der Waals surface area contributed by atoms with Gasteiger partial charge in [-0.1, -0.05) is 6.07 Å². The molecule has 2 aromatic heterocycles. The molecule has 3 rings (SSSR count). The Morgan fingerprint density at radius 2 is 2.05 bits per heavy atom. The van der Waals surface area contributed by atoms with Gasteiger partial charge in [-0.15, -0.1) is 0 Å². The highest BCUT2D eigenvalue weighted by Crippen LogP contribution is 2.23. The molecule has 0 unspecified atom stereocenters.